The molecule has 6 heteroatoms. The molecule has 90 valence electrons. The van der Waals surface area contributed by atoms with Gasteiger partial charge in [0.15, 0.2) is 5.82 Å². The molecule has 3 aromatic rings. The van der Waals surface area contributed by atoms with Gasteiger partial charge in [-0.3, -0.25) is 4.98 Å². The third-order valence-electron chi connectivity index (χ3n) is 2.56. The smallest absolute Gasteiger partial charge is 0.153 e. The van der Waals surface area contributed by atoms with Crippen LogP contribution >= 0.6 is 0 Å². The van der Waals surface area contributed by atoms with Crippen molar-refractivity contribution in [3.8, 4) is 17.1 Å². The summed E-state index contributed by atoms with van der Waals surface area (Å²) in [6, 6.07) is 3.44. The van der Waals surface area contributed by atoms with Crippen molar-refractivity contribution in [3.63, 3.8) is 0 Å². The minimum Gasteiger partial charge on any atom is -0.506 e. The van der Waals surface area contributed by atoms with E-state index in [-0.39, 0.29) is 22.6 Å². The lowest BCUT2D eigenvalue weighted by atomic mass is 10.2. The van der Waals surface area contributed by atoms with E-state index in [0.717, 1.165) is 12.1 Å². The Morgan fingerprint density at radius 1 is 1.22 bits per heavy atom. The molecule has 0 atom stereocenters. The maximum absolute atomic E-state index is 13.5. The van der Waals surface area contributed by atoms with Gasteiger partial charge >= 0.3 is 0 Å². The van der Waals surface area contributed by atoms with Gasteiger partial charge in [-0.1, -0.05) is 0 Å². The highest BCUT2D eigenvalue weighted by Crippen LogP contribution is 2.28. The molecule has 0 unspecified atom stereocenters. The van der Waals surface area contributed by atoms with E-state index in [1.54, 1.807) is 0 Å². The lowest BCUT2D eigenvalue weighted by Crippen LogP contribution is -1.82. The molecule has 0 spiro atoms. The van der Waals surface area contributed by atoms with Gasteiger partial charge in [0.2, 0.25) is 0 Å². The number of fused-ring (bicyclic) bond motifs is 1. The van der Waals surface area contributed by atoms with E-state index >= 15 is 0 Å². The van der Waals surface area contributed by atoms with Crippen LogP contribution in [0.3, 0.4) is 0 Å². The number of aromatic nitrogens is 3. The number of rotatable bonds is 1. The fourth-order valence-corrected chi connectivity index (χ4v) is 1.76. The van der Waals surface area contributed by atoms with Crippen molar-refractivity contribution >= 4 is 11.0 Å². The SMILES string of the molecule is Oc1cnccc1-c1nc2c(F)cc(F)cc2[nH]1. The van der Waals surface area contributed by atoms with Crippen molar-refractivity contribution in [2.75, 3.05) is 0 Å². The first-order valence-electron chi connectivity index (χ1n) is 5.13. The second kappa shape index (κ2) is 3.76. The third kappa shape index (κ3) is 1.58. The number of hydrogen-bond donors (Lipinski definition) is 2. The standard InChI is InChI=1S/C12H7F2N3O/c13-6-3-8(14)11-9(4-6)16-12(17-11)7-1-2-15-5-10(7)18/h1-5,18H,(H,16,17). The van der Waals surface area contributed by atoms with E-state index in [1.165, 1.54) is 18.5 Å². The predicted molar refractivity (Wildman–Crippen MR) is 60.9 cm³/mol. The topological polar surface area (TPSA) is 61.8 Å². The summed E-state index contributed by atoms with van der Waals surface area (Å²) in [7, 11) is 0. The molecule has 0 aliphatic heterocycles. The van der Waals surface area contributed by atoms with Gasteiger partial charge in [-0.25, -0.2) is 13.8 Å². The second-order valence-corrected chi connectivity index (χ2v) is 3.76. The number of nitrogens with zero attached hydrogens (tertiary/aromatic N) is 2. The largest absolute Gasteiger partial charge is 0.506 e. The fourth-order valence-electron chi connectivity index (χ4n) is 1.76. The van der Waals surface area contributed by atoms with Crippen molar-refractivity contribution in [3.05, 3.63) is 42.2 Å². The molecule has 18 heavy (non-hydrogen) atoms. The summed E-state index contributed by atoms with van der Waals surface area (Å²) >= 11 is 0. The summed E-state index contributed by atoms with van der Waals surface area (Å²) in [6.07, 6.45) is 2.72. The number of benzene rings is 1. The Labute approximate surface area is 99.9 Å². The van der Waals surface area contributed by atoms with Crippen molar-refractivity contribution < 1.29 is 13.9 Å². The Balaban J connectivity index is 2.26. The maximum atomic E-state index is 13.5. The number of aromatic hydroxyl groups is 1. The van der Waals surface area contributed by atoms with Gasteiger partial charge in [-0.05, 0) is 12.1 Å². The monoisotopic (exact) mass is 247 g/mol. The quantitative estimate of drug-likeness (QED) is 0.694. The predicted octanol–water partition coefficient (Wildman–Crippen LogP) is 2.61. The van der Waals surface area contributed by atoms with E-state index in [9.17, 15) is 13.9 Å². The van der Waals surface area contributed by atoms with Crippen LogP contribution in [-0.4, -0.2) is 20.1 Å². The number of H-pyrrole nitrogens is 1. The number of nitrogens with one attached hydrogen (secondary N) is 1. The molecule has 0 fully saturated rings. The molecule has 2 N–H and O–H groups in total. The van der Waals surface area contributed by atoms with Crippen LogP contribution in [0.4, 0.5) is 8.78 Å². The molecule has 0 saturated carbocycles. The van der Waals surface area contributed by atoms with Crippen LogP contribution in [-0.2, 0) is 0 Å². The number of halogens is 2. The molecule has 0 bridgehead atoms. The average molecular weight is 247 g/mol. The molecular weight excluding hydrogens is 240 g/mol. The highest BCUT2D eigenvalue weighted by Gasteiger charge is 2.13. The molecule has 0 aliphatic rings. The molecule has 0 amide bonds. The zero-order chi connectivity index (χ0) is 12.7. The first kappa shape index (κ1) is 10.6. The number of hydrogen-bond acceptors (Lipinski definition) is 3. The molecule has 0 aliphatic carbocycles. The van der Waals surface area contributed by atoms with Crippen LogP contribution in [0.5, 0.6) is 5.75 Å². The Kier molecular flexibility index (Phi) is 2.22. The molecule has 2 heterocycles. The van der Waals surface area contributed by atoms with Crippen molar-refractivity contribution in [1.29, 1.82) is 0 Å². The first-order valence-corrected chi connectivity index (χ1v) is 5.13. The highest BCUT2D eigenvalue weighted by atomic mass is 19.1. The highest BCUT2D eigenvalue weighted by molar-refractivity contribution is 5.81. The van der Waals surface area contributed by atoms with E-state index < -0.39 is 11.6 Å². The van der Waals surface area contributed by atoms with Crippen molar-refractivity contribution in [2.24, 2.45) is 0 Å². The van der Waals surface area contributed by atoms with Crippen LogP contribution in [0.1, 0.15) is 0 Å². The molecule has 0 saturated heterocycles. The summed E-state index contributed by atoms with van der Waals surface area (Å²) in [5.74, 6) is -1.26. The number of imidazole rings is 1. The molecule has 2 aromatic heterocycles. The zero-order valence-corrected chi connectivity index (χ0v) is 8.98. The van der Waals surface area contributed by atoms with Crippen LogP contribution < -0.4 is 0 Å². The maximum Gasteiger partial charge on any atom is 0.153 e. The minimum absolute atomic E-state index is 0.0302. The van der Waals surface area contributed by atoms with E-state index in [4.69, 9.17) is 0 Å². The van der Waals surface area contributed by atoms with E-state index in [0.29, 0.717) is 5.56 Å². The van der Waals surface area contributed by atoms with Gasteiger partial charge in [-0.15, -0.1) is 0 Å². The van der Waals surface area contributed by atoms with Gasteiger partial charge < -0.3 is 10.1 Å². The van der Waals surface area contributed by atoms with Gasteiger partial charge in [0.05, 0.1) is 17.3 Å². The first-order chi connectivity index (χ1) is 8.65. The van der Waals surface area contributed by atoms with Crippen molar-refractivity contribution in [1.82, 2.24) is 15.0 Å². The third-order valence-corrected chi connectivity index (χ3v) is 2.56. The van der Waals surface area contributed by atoms with E-state index in [1.807, 2.05) is 0 Å². The van der Waals surface area contributed by atoms with Gasteiger partial charge in [0.25, 0.3) is 0 Å². The summed E-state index contributed by atoms with van der Waals surface area (Å²) in [5, 5.41) is 9.62. The van der Waals surface area contributed by atoms with E-state index in [2.05, 4.69) is 15.0 Å². The van der Waals surface area contributed by atoms with Crippen molar-refractivity contribution in [2.45, 2.75) is 0 Å². The van der Waals surface area contributed by atoms with Crippen LogP contribution in [0.25, 0.3) is 22.4 Å². The minimum atomic E-state index is -0.749. The molecule has 1 aromatic carbocycles. The normalized spacial score (nSPS) is 11.0. The summed E-state index contributed by atoms with van der Waals surface area (Å²) in [6.45, 7) is 0. The lowest BCUT2D eigenvalue weighted by molar-refractivity contribution is 0.474. The molecule has 4 nitrogen and oxygen atoms in total. The number of aromatic amines is 1. The summed E-state index contributed by atoms with van der Waals surface area (Å²) < 4.78 is 26.5. The number of pyridine rings is 1. The fraction of sp³-hybridized carbons (Fsp3) is 0. The lowest BCUT2D eigenvalue weighted by Gasteiger charge is -1.98. The Morgan fingerprint density at radius 2 is 2.06 bits per heavy atom. The Morgan fingerprint density at radius 3 is 2.83 bits per heavy atom. The van der Waals surface area contributed by atoms with Gasteiger partial charge in [0.1, 0.15) is 22.9 Å². The Hall–Kier alpha value is -2.50. The van der Waals surface area contributed by atoms with Crippen LogP contribution in [0.2, 0.25) is 0 Å². The van der Waals surface area contributed by atoms with Gasteiger partial charge in [-0.2, -0.15) is 0 Å². The Bertz CT molecular complexity index is 739. The molecule has 3 rings (SSSR count). The molecule has 0 radical (unpaired) electrons. The van der Waals surface area contributed by atoms with Gasteiger partial charge in [0, 0.05) is 12.3 Å². The summed E-state index contributed by atoms with van der Waals surface area (Å²) in [4.78, 5) is 10.5. The molecular formula is C12H7F2N3O. The van der Waals surface area contributed by atoms with Crippen LogP contribution in [0.15, 0.2) is 30.6 Å². The average Bonchev–Trinajstić information content (AvgIpc) is 2.73. The summed E-state index contributed by atoms with van der Waals surface area (Å²) in [5.41, 5.74) is 0.641. The zero-order valence-electron chi connectivity index (χ0n) is 8.98. The second-order valence-electron chi connectivity index (χ2n) is 3.76. The van der Waals surface area contributed by atoms with Crippen LogP contribution in [0, 0.1) is 11.6 Å².